The zero-order valence-corrected chi connectivity index (χ0v) is 9.60. The van der Waals surface area contributed by atoms with Crippen molar-refractivity contribution in [2.45, 2.75) is 13.8 Å². The molecule has 17 heavy (non-hydrogen) atoms. The molecular weight excluding hydrogens is 220 g/mol. The Labute approximate surface area is 97.8 Å². The van der Waals surface area contributed by atoms with E-state index in [2.05, 4.69) is 0 Å². The fourth-order valence-corrected chi connectivity index (χ4v) is 1.34. The van der Waals surface area contributed by atoms with Gasteiger partial charge in [0.15, 0.2) is 0 Å². The SMILES string of the molecule is CC(C)C(=O)Oc1ccc2ccc(=O)oc2c1. The molecule has 4 heteroatoms. The molecule has 0 fully saturated rings. The molecule has 1 aromatic heterocycles. The minimum Gasteiger partial charge on any atom is -0.426 e. The smallest absolute Gasteiger partial charge is 0.336 e. The van der Waals surface area contributed by atoms with Crippen LogP contribution >= 0.6 is 0 Å². The molecule has 88 valence electrons. The molecule has 2 rings (SSSR count). The van der Waals surface area contributed by atoms with Gasteiger partial charge in [-0.1, -0.05) is 13.8 Å². The molecule has 0 amide bonds. The fraction of sp³-hybridized carbons (Fsp3) is 0.231. The van der Waals surface area contributed by atoms with Crippen LogP contribution in [0.5, 0.6) is 5.75 Å². The van der Waals surface area contributed by atoms with E-state index >= 15 is 0 Å². The lowest BCUT2D eigenvalue weighted by molar-refractivity contribution is -0.137. The first-order valence-corrected chi connectivity index (χ1v) is 5.32. The monoisotopic (exact) mass is 232 g/mol. The van der Waals surface area contributed by atoms with E-state index in [4.69, 9.17) is 9.15 Å². The molecule has 0 saturated carbocycles. The van der Waals surface area contributed by atoms with Crippen molar-refractivity contribution in [2.75, 3.05) is 0 Å². The summed E-state index contributed by atoms with van der Waals surface area (Å²) in [6, 6.07) is 7.96. The summed E-state index contributed by atoms with van der Waals surface area (Å²) in [6.45, 7) is 3.51. The van der Waals surface area contributed by atoms with Crippen LogP contribution in [0.25, 0.3) is 11.0 Å². The number of hydrogen-bond donors (Lipinski definition) is 0. The molecule has 0 aliphatic heterocycles. The molecule has 2 aromatic rings. The van der Waals surface area contributed by atoms with Crippen LogP contribution in [-0.2, 0) is 4.79 Å². The Bertz CT molecular complexity index is 610. The molecule has 4 nitrogen and oxygen atoms in total. The number of ether oxygens (including phenoxy) is 1. The second kappa shape index (κ2) is 4.41. The van der Waals surface area contributed by atoms with Crippen LogP contribution in [0, 0.1) is 5.92 Å². The highest BCUT2D eigenvalue weighted by atomic mass is 16.5. The quantitative estimate of drug-likeness (QED) is 0.453. The number of esters is 1. The lowest BCUT2D eigenvalue weighted by Gasteiger charge is -2.06. The topological polar surface area (TPSA) is 56.5 Å². The fourth-order valence-electron chi connectivity index (χ4n) is 1.34. The van der Waals surface area contributed by atoms with E-state index in [9.17, 15) is 9.59 Å². The largest absolute Gasteiger partial charge is 0.426 e. The molecular formula is C13H12O4. The van der Waals surface area contributed by atoms with Crippen molar-refractivity contribution in [3.05, 3.63) is 40.8 Å². The summed E-state index contributed by atoms with van der Waals surface area (Å²) in [5.74, 6) is -0.137. The third kappa shape index (κ3) is 2.53. The standard InChI is InChI=1S/C13H12O4/c1-8(2)13(15)16-10-5-3-9-4-6-12(14)17-11(9)7-10/h3-8H,1-2H3. The van der Waals surface area contributed by atoms with Gasteiger partial charge in [-0.25, -0.2) is 4.79 Å². The van der Waals surface area contributed by atoms with Gasteiger partial charge < -0.3 is 9.15 Å². The Morgan fingerprint density at radius 2 is 1.94 bits per heavy atom. The maximum atomic E-state index is 11.4. The summed E-state index contributed by atoms with van der Waals surface area (Å²) in [5.41, 5.74) is -0.0172. The van der Waals surface area contributed by atoms with Crippen molar-refractivity contribution in [2.24, 2.45) is 5.92 Å². The van der Waals surface area contributed by atoms with Gasteiger partial charge in [-0.2, -0.15) is 0 Å². The molecule has 0 aliphatic rings. The molecule has 1 aromatic carbocycles. The van der Waals surface area contributed by atoms with Crippen molar-refractivity contribution < 1.29 is 13.9 Å². The summed E-state index contributed by atoms with van der Waals surface area (Å²) in [6.07, 6.45) is 0. The average Bonchev–Trinajstić information content (AvgIpc) is 2.28. The van der Waals surface area contributed by atoms with E-state index in [0.717, 1.165) is 5.39 Å². The highest BCUT2D eigenvalue weighted by Crippen LogP contribution is 2.20. The Balaban J connectivity index is 2.37. The van der Waals surface area contributed by atoms with E-state index in [0.29, 0.717) is 11.3 Å². The molecule has 0 atom stereocenters. The summed E-state index contributed by atoms with van der Waals surface area (Å²) in [5, 5.41) is 0.786. The molecule has 0 radical (unpaired) electrons. The van der Waals surface area contributed by atoms with Gasteiger partial charge in [0.1, 0.15) is 11.3 Å². The van der Waals surface area contributed by atoms with Crippen molar-refractivity contribution in [3.8, 4) is 5.75 Å². The number of fused-ring (bicyclic) bond motifs is 1. The maximum Gasteiger partial charge on any atom is 0.336 e. The molecule has 0 bridgehead atoms. The average molecular weight is 232 g/mol. The van der Waals surface area contributed by atoms with Crippen LogP contribution in [0.2, 0.25) is 0 Å². The maximum absolute atomic E-state index is 11.4. The predicted octanol–water partition coefficient (Wildman–Crippen LogP) is 2.35. The third-order valence-corrected chi connectivity index (χ3v) is 2.28. The second-order valence-corrected chi connectivity index (χ2v) is 4.03. The minimum absolute atomic E-state index is 0.200. The molecule has 0 aliphatic carbocycles. The molecule has 1 heterocycles. The normalized spacial score (nSPS) is 10.8. The number of carbonyl (C=O) groups excluding carboxylic acids is 1. The Kier molecular flexibility index (Phi) is 2.95. The van der Waals surface area contributed by atoms with Crippen LogP contribution < -0.4 is 10.4 Å². The number of carbonyl (C=O) groups is 1. The van der Waals surface area contributed by atoms with Crippen LogP contribution in [0.4, 0.5) is 0 Å². The lowest BCUT2D eigenvalue weighted by atomic mass is 10.2. The predicted molar refractivity (Wildman–Crippen MR) is 63.0 cm³/mol. The van der Waals surface area contributed by atoms with Gasteiger partial charge >= 0.3 is 11.6 Å². The van der Waals surface area contributed by atoms with Gasteiger partial charge in [0.25, 0.3) is 0 Å². The van der Waals surface area contributed by atoms with Crippen molar-refractivity contribution in [3.63, 3.8) is 0 Å². The minimum atomic E-state index is -0.426. The van der Waals surface area contributed by atoms with Gasteiger partial charge in [0, 0.05) is 17.5 Å². The van der Waals surface area contributed by atoms with E-state index in [1.165, 1.54) is 12.1 Å². The number of benzene rings is 1. The van der Waals surface area contributed by atoms with Crippen LogP contribution in [0.1, 0.15) is 13.8 Å². The van der Waals surface area contributed by atoms with E-state index in [-0.39, 0.29) is 11.9 Å². The summed E-state index contributed by atoms with van der Waals surface area (Å²) in [7, 11) is 0. The van der Waals surface area contributed by atoms with Gasteiger partial charge in [-0.05, 0) is 18.2 Å². The number of rotatable bonds is 2. The van der Waals surface area contributed by atoms with E-state index < -0.39 is 5.63 Å². The summed E-state index contributed by atoms with van der Waals surface area (Å²) >= 11 is 0. The second-order valence-electron chi connectivity index (χ2n) is 4.03. The highest BCUT2D eigenvalue weighted by molar-refractivity contribution is 5.80. The molecule has 0 unspecified atom stereocenters. The van der Waals surface area contributed by atoms with Crippen molar-refractivity contribution in [1.29, 1.82) is 0 Å². The van der Waals surface area contributed by atoms with Gasteiger partial charge in [0.05, 0.1) is 5.92 Å². The Morgan fingerprint density at radius 1 is 1.24 bits per heavy atom. The van der Waals surface area contributed by atoms with Gasteiger partial charge in [-0.15, -0.1) is 0 Å². The third-order valence-electron chi connectivity index (χ3n) is 2.28. The zero-order valence-electron chi connectivity index (χ0n) is 9.60. The summed E-state index contributed by atoms with van der Waals surface area (Å²) in [4.78, 5) is 22.5. The van der Waals surface area contributed by atoms with E-state index in [1.807, 2.05) is 0 Å². The van der Waals surface area contributed by atoms with Crippen molar-refractivity contribution in [1.82, 2.24) is 0 Å². The lowest BCUT2D eigenvalue weighted by Crippen LogP contribution is -2.14. The zero-order chi connectivity index (χ0) is 12.4. The van der Waals surface area contributed by atoms with Crippen LogP contribution in [-0.4, -0.2) is 5.97 Å². The van der Waals surface area contributed by atoms with Gasteiger partial charge in [-0.3, -0.25) is 4.79 Å². The summed E-state index contributed by atoms with van der Waals surface area (Å²) < 4.78 is 10.1. The highest BCUT2D eigenvalue weighted by Gasteiger charge is 2.10. The first kappa shape index (κ1) is 11.4. The van der Waals surface area contributed by atoms with Crippen molar-refractivity contribution >= 4 is 16.9 Å². The number of hydrogen-bond acceptors (Lipinski definition) is 4. The molecule has 0 spiro atoms. The Hall–Kier alpha value is -2.10. The van der Waals surface area contributed by atoms with Crippen LogP contribution in [0.15, 0.2) is 39.5 Å². The van der Waals surface area contributed by atoms with Crippen LogP contribution in [0.3, 0.4) is 0 Å². The molecule has 0 N–H and O–H groups in total. The molecule has 0 saturated heterocycles. The van der Waals surface area contributed by atoms with Gasteiger partial charge in [0.2, 0.25) is 0 Å². The first-order chi connectivity index (χ1) is 8.06. The first-order valence-electron chi connectivity index (χ1n) is 5.32. The van der Waals surface area contributed by atoms with E-state index in [1.54, 1.807) is 32.0 Å². The Morgan fingerprint density at radius 3 is 2.65 bits per heavy atom.